The average Bonchev–Trinajstić information content (AvgIpc) is 3.11. The zero-order valence-corrected chi connectivity index (χ0v) is 17.4. The molecule has 0 aliphatic carbocycles. The maximum atomic E-state index is 12.1. The van der Waals surface area contributed by atoms with Crippen LogP contribution in [-0.4, -0.2) is 26.8 Å². The number of aromatic amines is 1. The van der Waals surface area contributed by atoms with Crippen LogP contribution in [0.25, 0.3) is 0 Å². The highest BCUT2D eigenvalue weighted by Gasteiger charge is 2.09. The van der Waals surface area contributed by atoms with Gasteiger partial charge in [-0.3, -0.25) is 9.89 Å². The van der Waals surface area contributed by atoms with Crippen LogP contribution in [0.4, 0.5) is 5.69 Å². The number of nitrogens with zero attached hydrogens (tertiary/aromatic N) is 2. The number of aryl methyl sites for hydroxylation is 2. The summed E-state index contributed by atoms with van der Waals surface area (Å²) >= 11 is 4.71. The van der Waals surface area contributed by atoms with Gasteiger partial charge < -0.3 is 10.1 Å². The molecule has 140 valence electrons. The van der Waals surface area contributed by atoms with E-state index >= 15 is 0 Å². The summed E-state index contributed by atoms with van der Waals surface area (Å²) in [5.41, 5.74) is 3.01. The molecule has 0 fully saturated rings. The first-order valence-corrected chi connectivity index (χ1v) is 10.1. The van der Waals surface area contributed by atoms with Crippen molar-refractivity contribution < 1.29 is 9.53 Å². The third-order valence-electron chi connectivity index (χ3n) is 3.68. The van der Waals surface area contributed by atoms with Gasteiger partial charge >= 0.3 is 0 Å². The second-order valence-electron chi connectivity index (χ2n) is 5.97. The van der Waals surface area contributed by atoms with Gasteiger partial charge in [-0.1, -0.05) is 45.4 Å². The van der Waals surface area contributed by atoms with E-state index in [1.807, 2.05) is 56.3 Å². The smallest absolute Gasteiger partial charge is 0.234 e. The molecule has 0 saturated carbocycles. The lowest BCUT2D eigenvalue weighted by Gasteiger charge is -2.06. The number of halogens is 1. The molecule has 0 aliphatic heterocycles. The minimum Gasteiger partial charge on any atom is -0.486 e. The second-order valence-corrected chi connectivity index (χ2v) is 7.76. The Morgan fingerprint density at radius 3 is 2.74 bits per heavy atom. The number of thioether (sulfide) groups is 1. The topological polar surface area (TPSA) is 79.9 Å². The molecule has 27 heavy (non-hydrogen) atoms. The van der Waals surface area contributed by atoms with Crippen molar-refractivity contribution in [3.8, 4) is 5.75 Å². The van der Waals surface area contributed by atoms with Crippen LogP contribution in [0.3, 0.4) is 0 Å². The Morgan fingerprint density at radius 2 is 2.00 bits per heavy atom. The van der Waals surface area contributed by atoms with Gasteiger partial charge in [-0.15, -0.1) is 5.10 Å². The van der Waals surface area contributed by atoms with E-state index in [1.54, 1.807) is 0 Å². The number of rotatable bonds is 7. The minimum atomic E-state index is -0.107. The van der Waals surface area contributed by atoms with Crippen LogP contribution in [0.5, 0.6) is 5.75 Å². The van der Waals surface area contributed by atoms with Crippen molar-refractivity contribution in [3.05, 3.63) is 63.9 Å². The lowest BCUT2D eigenvalue weighted by atomic mass is 10.2. The first-order valence-electron chi connectivity index (χ1n) is 8.29. The van der Waals surface area contributed by atoms with Crippen molar-refractivity contribution in [1.82, 2.24) is 15.2 Å². The zero-order chi connectivity index (χ0) is 19.2. The number of hydrogen-bond acceptors (Lipinski definition) is 5. The standard InChI is InChI=1S/C19H19BrN4O2S/c1-12-3-6-15(7-4-12)26-10-17-22-19(24-23-17)27-11-18(25)21-14-5-8-16(20)13(2)9-14/h3-9H,10-11H2,1-2H3,(H,21,25)(H,22,23,24). The molecule has 3 aromatic rings. The van der Waals surface area contributed by atoms with Crippen molar-refractivity contribution in [3.63, 3.8) is 0 Å². The molecular formula is C19H19BrN4O2S. The SMILES string of the molecule is Cc1ccc(OCc2nc(SCC(=O)Nc3ccc(Br)c(C)c3)n[nH]2)cc1. The molecule has 8 heteroatoms. The number of carbonyl (C=O) groups excluding carboxylic acids is 1. The maximum absolute atomic E-state index is 12.1. The summed E-state index contributed by atoms with van der Waals surface area (Å²) in [6.45, 7) is 4.29. The van der Waals surface area contributed by atoms with E-state index in [2.05, 4.69) is 36.4 Å². The van der Waals surface area contributed by atoms with Gasteiger partial charge in [-0.25, -0.2) is 4.98 Å². The monoisotopic (exact) mass is 446 g/mol. The summed E-state index contributed by atoms with van der Waals surface area (Å²) in [4.78, 5) is 16.4. The molecule has 2 N–H and O–H groups in total. The summed E-state index contributed by atoms with van der Waals surface area (Å²) in [7, 11) is 0. The lowest BCUT2D eigenvalue weighted by Crippen LogP contribution is -2.14. The molecule has 2 aromatic carbocycles. The summed E-state index contributed by atoms with van der Waals surface area (Å²) < 4.78 is 6.67. The fourth-order valence-electron chi connectivity index (χ4n) is 2.24. The Balaban J connectivity index is 1.46. The van der Waals surface area contributed by atoms with Crippen LogP contribution >= 0.6 is 27.7 Å². The predicted molar refractivity (Wildman–Crippen MR) is 110 cm³/mol. The van der Waals surface area contributed by atoms with Crippen molar-refractivity contribution >= 4 is 39.3 Å². The molecule has 0 atom stereocenters. The number of ether oxygens (including phenoxy) is 1. The van der Waals surface area contributed by atoms with E-state index in [0.717, 1.165) is 21.5 Å². The fraction of sp³-hybridized carbons (Fsp3) is 0.211. The number of nitrogens with one attached hydrogen (secondary N) is 2. The third-order valence-corrected chi connectivity index (χ3v) is 5.42. The van der Waals surface area contributed by atoms with E-state index in [9.17, 15) is 4.79 Å². The first kappa shape index (κ1) is 19.4. The second kappa shape index (κ2) is 9.05. The van der Waals surface area contributed by atoms with Crippen LogP contribution in [0, 0.1) is 13.8 Å². The van der Waals surface area contributed by atoms with Crippen molar-refractivity contribution in [2.75, 3.05) is 11.1 Å². The van der Waals surface area contributed by atoms with Gasteiger partial charge in [0.1, 0.15) is 12.4 Å². The molecule has 1 heterocycles. The summed E-state index contributed by atoms with van der Waals surface area (Å²) in [6.07, 6.45) is 0. The fourth-order valence-corrected chi connectivity index (χ4v) is 3.11. The molecule has 0 unspecified atom stereocenters. The van der Waals surface area contributed by atoms with Crippen molar-refractivity contribution in [2.45, 2.75) is 25.6 Å². The van der Waals surface area contributed by atoms with Gasteiger partial charge in [0.05, 0.1) is 5.75 Å². The Labute approximate surface area is 170 Å². The Kier molecular flexibility index (Phi) is 6.52. The average molecular weight is 447 g/mol. The van der Waals surface area contributed by atoms with Gasteiger partial charge in [-0.05, 0) is 49.7 Å². The molecule has 0 bridgehead atoms. The van der Waals surface area contributed by atoms with Gasteiger partial charge in [0.15, 0.2) is 5.82 Å². The molecule has 3 rings (SSSR count). The number of aromatic nitrogens is 3. The van der Waals surface area contributed by atoms with Crippen LogP contribution in [0.15, 0.2) is 52.1 Å². The number of H-pyrrole nitrogens is 1. The molecule has 0 saturated heterocycles. The number of benzene rings is 2. The van der Waals surface area contributed by atoms with Gasteiger partial charge in [-0.2, -0.15) is 0 Å². The molecular weight excluding hydrogens is 428 g/mol. The Hall–Kier alpha value is -2.32. The number of amides is 1. The van der Waals surface area contributed by atoms with Gasteiger partial charge in [0.25, 0.3) is 0 Å². The third kappa shape index (κ3) is 5.83. The highest BCUT2D eigenvalue weighted by molar-refractivity contribution is 9.10. The number of anilines is 1. The molecule has 1 amide bonds. The van der Waals surface area contributed by atoms with E-state index < -0.39 is 0 Å². The summed E-state index contributed by atoms with van der Waals surface area (Å²) in [5, 5.41) is 10.3. The van der Waals surface area contributed by atoms with Gasteiger partial charge in [0.2, 0.25) is 11.1 Å². The highest BCUT2D eigenvalue weighted by Crippen LogP contribution is 2.21. The minimum absolute atomic E-state index is 0.107. The normalized spacial score (nSPS) is 10.6. The predicted octanol–water partition coefficient (Wildman–Crippen LogP) is 4.49. The van der Waals surface area contributed by atoms with Crippen LogP contribution < -0.4 is 10.1 Å². The highest BCUT2D eigenvalue weighted by atomic mass is 79.9. The first-order chi connectivity index (χ1) is 13.0. The molecule has 0 spiro atoms. The molecule has 0 aliphatic rings. The van der Waals surface area contributed by atoms with Crippen molar-refractivity contribution in [1.29, 1.82) is 0 Å². The summed E-state index contributed by atoms with van der Waals surface area (Å²) in [6, 6.07) is 13.5. The van der Waals surface area contributed by atoms with Crippen molar-refractivity contribution in [2.24, 2.45) is 0 Å². The largest absolute Gasteiger partial charge is 0.486 e. The van der Waals surface area contributed by atoms with Crippen LogP contribution in [0.2, 0.25) is 0 Å². The number of hydrogen-bond donors (Lipinski definition) is 2. The van der Waals surface area contributed by atoms with E-state index in [-0.39, 0.29) is 11.7 Å². The Morgan fingerprint density at radius 1 is 1.22 bits per heavy atom. The quantitative estimate of drug-likeness (QED) is 0.522. The zero-order valence-electron chi connectivity index (χ0n) is 15.0. The molecule has 0 radical (unpaired) electrons. The van der Waals surface area contributed by atoms with E-state index in [0.29, 0.717) is 17.6 Å². The number of carbonyl (C=O) groups is 1. The van der Waals surface area contributed by atoms with Crippen LogP contribution in [0.1, 0.15) is 17.0 Å². The molecule has 1 aromatic heterocycles. The van der Waals surface area contributed by atoms with E-state index in [1.165, 1.54) is 17.3 Å². The Bertz CT molecular complexity index is 928. The lowest BCUT2D eigenvalue weighted by molar-refractivity contribution is -0.113. The van der Waals surface area contributed by atoms with E-state index in [4.69, 9.17) is 4.74 Å². The maximum Gasteiger partial charge on any atom is 0.234 e. The van der Waals surface area contributed by atoms with Gasteiger partial charge in [0, 0.05) is 10.2 Å². The van der Waals surface area contributed by atoms with Crippen LogP contribution in [-0.2, 0) is 11.4 Å². The summed E-state index contributed by atoms with van der Waals surface area (Å²) in [5.74, 6) is 1.51. The molecule has 6 nitrogen and oxygen atoms in total.